The van der Waals surface area contributed by atoms with E-state index < -0.39 is 5.60 Å². The first-order valence-electron chi connectivity index (χ1n) is 5.68. The van der Waals surface area contributed by atoms with Crippen LogP contribution in [0.25, 0.3) is 5.65 Å². The van der Waals surface area contributed by atoms with Crippen molar-refractivity contribution in [2.75, 3.05) is 0 Å². The molecule has 0 radical (unpaired) electrons. The summed E-state index contributed by atoms with van der Waals surface area (Å²) in [4.78, 5) is 16.1. The van der Waals surface area contributed by atoms with E-state index in [0.29, 0.717) is 17.0 Å². The third kappa shape index (κ3) is 2.65. The van der Waals surface area contributed by atoms with Gasteiger partial charge in [0.2, 0.25) is 0 Å². The molecule has 0 spiro atoms. The first kappa shape index (κ1) is 12.5. The molecule has 0 aromatic carbocycles. The number of carbonyl (C=O) groups excluding carboxylic acids is 1. The molecule has 0 amide bonds. The van der Waals surface area contributed by atoms with Gasteiger partial charge in [0.05, 0.1) is 12.1 Å². The van der Waals surface area contributed by atoms with E-state index in [0.717, 1.165) is 0 Å². The van der Waals surface area contributed by atoms with Crippen LogP contribution in [0.2, 0.25) is 0 Å². The van der Waals surface area contributed by atoms with Crippen molar-refractivity contribution in [2.24, 2.45) is 5.73 Å². The minimum absolute atomic E-state index is 0.267. The summed E-state index contributed by atoms with van der Waals surface area (Å²) in [5, 5.41) is 4.14. The molecule has 18 heavy (non-hydrogen) atoms. The molecule has 2 rings (SSSR count). The highest BCUT2D eigenvalue weighted by Gasteiger charge is 2.18. The maximum absolute atomic E-state index is 11.9. The quantitative estimate of drug-likeness (QED) is 0.806. The number of aromatic nitrogens is 3. The van der Waals surface area contributed by atoms with E-state index in [1.807, 2.05) is 20.8 Å². The smallest absolute Gasteiger partial charge is 0.340 e. The van der Waals surface area contributed by atoms with Crippen LogP contribution in [0.3, 0.4) is 0 Å². The number of pyridine rings is 1. The van der Waals surface area contributed by atoms with Gasteiger partial charge in [0.25, 0.3) is 0 Å². The average molecular weight is 248 g/mol. The van der Waals surface area contributed by atoms with E-state index in [1.54, 1.807) is 18.3 Å². The van der Waals surface area contributed by atoms with Gasteiger partial charge >= 0.3 is 5.97 Å². The lowest BCUT2D eigenvalue weighted by atomic mass is 10.2. The van der Waals surface area contributed by atoms with Crippen LogP contribution in [0.1, 0.15) is 37.0 Å². The molecule has 96 valence electrons. The molecule has 0 fully saturated rings. The van der Waals surface area contributed by atoms with Crippen LogP contribution in [-0.2, 0) is 11.3 Å². The van der Waals surface area contributed by atoms with Gasteiger partial charge in [0, 0.05) is 6.20 Å². The van der Waals surface area contributed by atoms with Gasteiger partial charge in [0.15, 0.2) is 11.5 Å². The molecule has 0 saturated heterocycles. The second-order valence-electron chi connectivity index (χ2n) is 4.95. The normalized spacial score (nSPS) is 11.8. The maximum atomic E-state index is 11.9. The number of fused-ring (bicyclic) bond motifs is 1. The number of nitrogens with two attached hydrogens (primary N) is 1. The van der Waals surface area contributed by atoms with E-state index in [1.165, 1.54) is 4.52 Å². The van der Waals surface area contributed by atoms with Crippen molar-refractivity contribution in [1.29, 1.82) is 0 Å². The van der Waals surface area contributed by atoms with Gasteiger partial charge in [-0.25, -0.2) is 14.3 Å². The second kappa shape index (κ2) is 4.38. The summed E-state index contributed by atoms with van der Waals surface area (Å²) in [6, 6.07) is 3.38. The fraction of sp³-hybridized carbons (Fsp3) is 0.417. The monoisotopic (exact) mass is 248 g/mol. The molecule has 2 aromatic rings. The zero-order chi connectivity index (χ0) is 13.3. The van der Waals surface area contributed by atoms with Gasteiger partial charge in [-0.15, -0.1) is 5.10 Å². The van der Waals surface area contributed by atoms with Crippen molar-refractivity contribution >= 4 is 11.6 Å². The van der Waals surface area contributed by atoms with Gasteiger partial charge < -0.3 is 10.5 Å². The van der Waals surface area contributed by atoms with E-state index in [2.05, 4.69) is 10.1 Å². The van der Waals surface area contributed by atoms with Crippen LogP contribution in [0, 0.1) is 0 Å². The largest absolute Gasteiger partial charge is 0.456 e. The highest BCUT2D eigenvalue weighted by molar-refractivity contribution is 5.89. The van der Waals surface area contributed by atoms with Gasteiger partial charge in [-0.05, 0) is 32.9 Å². The summed E-state index contributed by atoms with van der Waals surface area (Å²) in [6.45, 7) is 5.74. The molecule has 0 saturated carbocycles. The summed E-state index contributed by atoms with van der Waals surface area (Å²) in [5.74, 6) is 0.158. The molecular formula is C12H16N4O2. The van der Waals surface area contributed by atoms with E-state index in [4.69, 9.17) is 10.5 Å². The third-order valence-corrected chi connectivity index (χ3v) is 2.19. The summed E-state index contributed by atoms with van der Waals surface area (Å²) in [7, 11) is 0. The Bertz CT molecular complexity index is 583. The topological polar surface area (TPSA) is 82.5 Å². The van der Waals surface area contributed by atoms with Crippen LogP contribution in [0.15, 0.2) is 18.3 Å². The molecule has 0 aliphatic rings. The first-order chi connectivity index (χ1) is 8.39. The molecule has 6 nitrogen and oxygen atoms in total. The highest BCUT2D eigenvalue weighted by atomic mass is 16.6. The lowest BCUT2D eigenvalue weighted by molar-refractivity contribution is 0.00689. The summed E-state index contributed by atoms with van der Waals surface area (Å²) in [6.07, 6.45) is 1.59. The third-order valence-electron chi connectivity index (χ3n) is 2.19. The lowest BCUT2D eigenvalue weighted by Crippen LogP contribution is -2.24. The van der Waals surface area contributed by atoms with Crippen LogP contribution in [0.5, 0.6) is 0 Å². The summed E-state index contributed by atoms with van der Waals surface area (Å²) >= 11 is 0. The number of hydrogen-bond donors (Lipinski definition) is 1. The standard InChI is InChI=1S/C12H16N4O2/c1-12(2,3)18-11(17)8-4-5-10-14-9(6-13)15-16(10)7-8/h4-5,7H,6,13H2,1-3H3. The van der Waals surface area contributed by atoms with E-state index in [9.17, 15) is 4.79 Å². The molecule has 2 N–H and O–H groups in total. The fourth-order valence-corrected chi connectivity index (χ4v) is 1.47. The average Bonchev–Trinajstić information content (AvgIpc) is 2.68. The molecule has 2 aromatic heterocycles. The van der Waals surface area contributed by atoms with Gasteiger partial charge in [0.1, 0.15) is 5.60 Å². The zero-order valence-corrected chi connectivity index (χ0v) is 10.7. The fourth-order valence-electron chi connectivity index (χ4n) is 1.47. The summed E-state index contributed by atoms with van der Waals surface area (Å²) < 4.78 is 6.81. The lowest BCUT2D eigenvalue weighted by Gasteiger charge is -2.19. The molecule has 0 atom stereocenters. The molecule has 0 bridgehead atoms. The maximum Gasteiger partial charge on any atom is 0.340 e. The Morgan fingerprint density at radius 3 is 2.78 bits per heavy atom. The van der Waals surface area contributed by atoms with Crippen LogP contribution in [-0.4, -0.2) is 26.2 Å². The van der Waals surface area contributed by atoms with Crippen molar-refractivity contribution in [2.45, 2.75) is 32.9 Å². The molecule has 6 heteroatoms. The van der Waals surface area contributed by atoms with Crippen molar-refractivity contribution in [1.82, 2.24) is 14.6 Å². The SMILES string of the molecule is CC(C)(C)OC(=O)c1ccc2nc(CN)nn2c1. The minimum Gasteiger partial charge on any atom is -0.456 e. The predicted molar refractivity (Wildman–Crippen MR) is 66.0 cm³/mol. The van der Waals surface area contributed by atoms with Crippen LogP contribution < -0.4 is 5.73 Å². The Labute approximate surface area is 105 Å². The molecule has 0 unspecified atom stereocenters. The number of rotatable bonds is 2. The highest BCUT2D eigenvalue weighted by Crippen LogP contribution is 2.12. The van der Waals surface area contributed by atoms with Crippen molar-refractivity contribution in [3.8, 4) is 0 Å². The minimum atomic E-state index is -0.517. The Morgan fingerprint density at radius 2 is 2.17 bits per heavy atom. The number of hydrogen-bond acceptors (Lipinski definition) is 5. The van der Waals surface area contributed by atoms with Crippen LogP contribution in [0.4, 0.5) is 0 Å². The van der Waals surface area contributed by atoms with E-state index in [-0.39, 0.29) is 12.5 Å². The first-order valence-corrected chi connectivity index (χ1v) is 5.68. The van der Waals surface area contributed by atoms with Gasteiger partial charge in [-0.1, -0.05) is 0 Å². The Hall–Kier alpha value is -1.95. The van der Waals surface area contributed by atoms with E-state index >= 15 is 0 Å². The van der Waals surface area contributed by atoms with Gasteiger partial charge in [-0.2, -0.15) is 0 Å². The molecule has 2 heterocycles. The Kier molecular flexibility index (Phi) is 3.04. The van der Waals surface area contributed by atoms with Gasteiger partial charge in [-0.3, -0.25) is 0 Å². The number of esters is 1. The number of carbonyl (C=O) groups is 1. The molecular weight excluding hydrogens is 232 g/mol. The second-order valence-corrected chi connectivity index (χ2v) is 4.95. The van der Waals surface area contributed by atoms with Crippen molar-refractivity contribution in [3.63, 3.8) is 0 Å². The Morgan fingerprint density at radius 1 is 1.44 bits per heavy atom. The zero-order valence-electron chi connectivity index (χ0n) is 10.7. The molecule has 0 aliphatic heterocycles. The van der Waals surface area contributed by atoms with Crippen molar-refractivity contribution < 1.29 is 9.53 Å². The summed E-state index contributed by atoms with van der Waals surface area (Å²) in [5.41, 5.74) is 6.04. The molecule has 0 aliphatic carbocycles. The number of ether oxygens (including phenoxy) is 1. The van der Waals surface area contributed by atoms with Crippen molar-refractivity contribution in [3.05, 3.63) is 29.7 Å². The predicted octanol–water partition coefficient (Wildman–Crippen LogP) is 1.14. The number of nitrogens with zero attached hydrogens (tertiary/aromatic N) is 3. The van der Waals surface area contributed by atoms with Crippen LogP contribution >= 0.6 is 0 Å². The Balaban J connectivity index is 2.32.